The van der Waals surface area contributed by atoms with Gasteiger partial charge in [0.25, 0.3) is 0 Å². The van der Waals surface area contributed by atoms with Crippen LogP contribution in [0.3, 0.4) is 0 Å². The van der Waals surface area contributed by atoms with Gasteiger partial charge in [0.05, 0.1) is 5.69 Å². The SMILES string of the molecule is C[C@H]1CC(CC(=O)N2CCC([C@H]3c4ncc(Br)cc4CCc4cc(Cl)cc(Br)c43)CC2)CCN1C(N)=O. The second kappa shape index (κ2) is 11.2. The average Bonchev–Trinajstić information content (AvgIpc) is 3.00. The molecule has 5 rings (SSSR count). The van der Waals surface area contributed by atoms with E-state index in [4.69, 9.17) is 22.3 Å². The number of likely N-dealkylation sites (tertiary alicyclic amines) is 2. The fourth-order valence-electron chi connectivity index (χ4n) is 6.67. The normalized spacial score (nSPS) is 24.3. The first kappa shape index (κ1) is 26.9. The predicted molar refractivity (Wildman–Crippen MR) is 153 cm³/mol. The molecule has 0 saturated carbocycles. The number of benzene rings is 1. The molecule has 6 nitrogen and oxygen atoms in total. The van der Waals surface area contributed by atoms with Gasteiger partial charge in [0.15, 0.2) is 0 Å². The Morgan fingerprint density at radius 2 is 1.81 bits per heavy atom. The van der Waals surface area contributed by atoms with E-state index >= 15 is 0 Å². The quantitative estimate of drug-likeness (QED) is 0.423. The standard InChI is InChI=1S/C28H33Br2ClN4O2/c1-16-10-17(4-9-35(16)28(32)37)11-24(36)34-7-5-18(6-8-34)26-25-19(13-22(31)14-23(25)30)2-3-20-12-21(29)15-33-27(20)26/h12-18,26H,2-11H2,1H3,(H2,32,37)/t16-,17?,26+/m0/s1. The van der Waals surface area contributed by atoms with Crippen LogP contribution in [0.5, 0.6) is 0 Å². The van der Waals surface area contributed by atoms with Crippen LogP contribution >= 0.6 is 43.5 Å². The van der Waals surface area contributed by atoms with E-state index in [1.165, 1.54) is 16.7 Å². The largest absolute Gasteiger partial charge is 0.351 e. The minimum Gasteiger partial charge on any atom is -0.351 e. The molecule has 1 unspecified atom stereocenters. The average molecular weight is 653 g/mol. The molecule has 2 aromatic rings. The third-order valence-electron chi connectivity index (χ3n) is 8.51. The molecule has 1 aromatic heterocycles. The summed E-state index contributed by atoms with van der Waals surface area (Å²) < 4.78 is 2.05. The van der Waals surface area contributed by atoms with Gasteiger partial charge >= 0.3 is 6.03 Å². The smallest absolute Gasteiger partial charge is 0.315 e. The Morgan fingerprint density at radius 3 is 2.51 bits per heavy atom. The number of carbonyl (C=O) groups excluding carboxylic acids is 2. The van der Waals surface area contributed by atoms with E-state index in [1.54, 1.807) is 4.90 Å². The first-order valence-corrected chi connectivity index (χ1v) is 15.1. The van der Waals surface area contributed by atoms with Gasteiger partial charge in [-0.25, -0.2) is 4.79 Å². The number of primary amides is 1. The van der Waals surface area contributed by atoms with E-state index in [-0.39, 0.29) is 23.9 Å². The summed E-state index contributed by atoms with van der Waals surface area (Å²) in [4.78, 5) is 33.5. The summed E-state index contributed by atoms with van der Waals surface area (Å²) in [6.07, 6.45) is 7.88. The molecule has 3 amide bonds. The Bertz CT molecular complexity index is 1200. The lowest BCUT2D eigenvalue weighted by molar-refractivity contribution is -0.134. The molecule has 2 fully saturated rings. The van der Waals surface area contributed by atoms with Crippen LogP contribution in [-0.4, -0.2) is 52.4 Å². The van der Waals surface area contributed by atoms with Gasteiger partial charge < -0.3 is 15.5 Å². The van der Waals surface area contributed by atoms with Crippen molar-refractivity contribution in [1.29, 1.82) is 0 Å². The van der Waals surface area contributed by atoms with Crippen LogP contribution in [-0.2, 0) is 17.6 Å². The lowest BCUT2D eigenvalue weighted by Gasteiger charge is -2.39. The van der Waals surface area contributed by atoms with E-state index in [2.05, 4.69) is 44.0 Å². The summed E-state index contributed by atoms with van der Waals surface area (Å²) in [5.74, 6) is 1.10. The second-order valence-electron chi connectivity index (χ2n) is 10.8. The molecule has 2 saturated heterocycles. The summed E-state index contributed by atoms with van der Waals surface area (Å²) >= 11 is 13.9. The Kier molecular flexibility index (Phi) is 8.18. The minimum atomic E-state index is -0.364. The minimum absolute atomic E-state index is 0.0876. The summed E-state index contributed by atoms with van der Waals surface area (Å²) in [5, 5.41) is 0.751. The molecule has 9 heteroatoms. The molecule has 0 spiro atoms. The van der Waals surface area contributed by atoms with E-state index < -0.39 is 0 Å². The van der Waals surface area contributed by atoms with Crippen molar-refractivity contribution < 1.29 is 9.59 Å². The second-order valence-corrected chi connectivity index (χ2v) is 13.0. The molecule has 0 bridgehead atoms. The van der Waals surface area contributed by atoms with Crippen LogP contribution in [0.4, 0.5) is 4.79 Å². The lowest BCUT2D eigenvalue weighted by atomic mass is 9.76. The highest BCUT2D eigenvalue weighted by Crippen LogP contribution is 2.46. The van der Waals surface area contributed by atoms with Gasteiger partial charge in [-0.05, 0) is 108 Å². The number of fused-ring (bicyclic) bond motifs is 2. The molecule has 1 aliphatic carbocycles. The van der Waals surface area contributed by atoms with Gasteiger partial charge in [-0.3, -0.25) is 9.78 Å². The maximum atomic E-state index is 13.2. The molecular formula is C28H33Br2ClN4O2. The van der Waals surface area contributed by atoms with Crippen molar-refractivity contribution in [2.24, 2.45) is 17.6 Å². The molecule has 1 aromatic carbocycles. The number of piperidine rings is 2. The van der Waals surface area contributed by atoms with Crippen LogP contribution in [0.15, 0.2) is 33.3 Å². The van der Waals surface area contributed by atoms with Crippen molar-refractivity contribution in [3.63, 3.8) is 0 Å². The zero-order valence-electron chi connectivity index (χ0n) is 21.1. The summed E-state index contributed by atoms with van der Waals surface area (Å²) in [6, 6.07) is 6.04. The number of rotatable bonds is 3. The zero-order chi connectivity index (χ0) is 26.3. The van der Waals surface area contributed by atoms with Crippen LogP contribution < -0.4 is 5.73 Å². The van der Waals surface area contributed by atoms with Gasteiger partial charge in [-0.1, -0.05) is 27.5 Å². The van der Waals surface area contributed by atoms with E-state index in [0.717, 1.165) is 71.3 Å². The zero-order valence-corrected chi connectivity index (χ0v) is 25.0. The molecular weight excluding hydrogens is 620 g/mol. The van der Waals surface area contributed by atoms with Crippen molar-refractivity contribution >= 4 is 55.4 Å². The Morgan fingerprint density at radius 1 is 1.08 bits per heavy atom. The molecule has 2 N–H and O–H groups in total. The summed E-state index contributed by atoms with van der Waals surface area (Å²) in [6.45, 7) is 4.19. The molecule has 2 aliphatic heterocycles. The fraction of sp³-hybridized carbons (Fsp3) is 0.536. The predicted octanol–water partition coefficient (Wildman–Crippen LogP) is 6.30. The summed E-state index contributed by atoms with van der Waals surface area (Å²) in [7, 11) is 0. The number of halogens is 3. The van der Waals surface area contributed by atoms with E-state index in [9.17, 15) is 9.59 Å². The monoisotopic (exact) mass is 650 g/mol. The highest BCUT2D eigenvalue weighted by Gasteiger charge is 2.37. The van der Waals surface area contributed by atoms with Gasteiger partial charge in [0.1, 0.15) is 0 Å². The first-order chi connectivity index (χ1) is 17.7. The molecule has 3 atom stereocenters. The van der Waals surface area contributed by atoms with Crippen LogP contribution in [0.1, 0.15) is 67.3 Å². The van der Waals surface area contributed by atoms with Gasteiger partial charge in [-0.15, -0.1) is 0 Å². The molecule has 198 valence electrons. The molecule has 0 radical (unpaired) electrons. The van der Waals surface area contributed by atoms with Crippen molar-refractivity contribution in [1.82, 2.24) is 14.8 Å². The summed E-state index contributed by atoms with van der Waals surface area (Å²) in [5.41, 5.74) is 10.5. The highest BCUT2D eigenvalue weighted by molar-refractivity contribution is 9.10. The fourth-order valence-corrected chi connectivity index (χ4v) is 8.17. The number of hydrogen-bond donors (Lipinski definition) is 1. The van der Waals surface area contributed by atoms with Crippen molar-refractivity contribution in [3.8, 4) is 0 Å². The van der Waals surface area contributed by atoms with Crippen LogP contribution in [0.2, 0.25) is 5.02 Å². The number of aromatic nitrogens is 1. The topological polar surface area (TPSA) is 79.5 Å². The highest BCUT2D eigenvalue weighted by atomic mass is 79.9. The number of urea groups is 1. The van der Waals surface area contributed by atoms with Gasteiger partial charge in [0, 0.05) is 58.2 Å². The van der Waals surface area contributed by atoms with E-state index in [0.29, 0.717) is 24.8 Å². The molecule has 3 heterocycles. The van der Waals surface area contributed by atoms with Crippen LogP contribution in [0.25, 0.3) is 0 Å². The van der Waals surface area contributed by atoms with Gasteiger partial charge in [0.2, 0.25) is 5.91 Å². The number of aryl methyl sites for hydroxylation is 2. The third kappa shape index (κ3) is 5.71. The molecule has 37 heavy (non-hydrogen) atoms. The maximum absolute atomic E-state index is 13.2. The number of pyridine rings is 1. The third-order valence-corrected chi connectivity index (χ3v) is 9.82. The Hall–Kier alpha value is -1.64. The van der Waals surface area contributed by atoms with Crippen molar-refractivity contribution in [3.05, 3.63) is 60.7 Å². The number of amides is 3. The number of nitrogens with two attached hydrogens (primary N) is 1. The first-order valence-electron chi connectivity index (χ1n) is 13.2. The Balaban J connectivity index is 1.30. The number of carbonyl (C=O) groups is 2. The maximum Gasteiger partial charge on any atom is 0.315 e. The number of hydrogen-bond acceptors (Lipinski definition) is 3. The molecule has 3 aliphatic rings. The number of nitrogens with zero attached hydrogens (tertiary/aromatic N) is 3. The Labute approximate surface area is 240 Å². The van der Waals surface area contributed by atoms with Crippen molar-refractivity contribution in [2.75, 3.05) is 19.6 Å². The van der Waals surface area contributed by atoms with Gasteiger partial charge in [-0.2, -0.15) is 0 Å². The van der Waals surface area contributed by atoms with Crippen LogP contribution in [0, 0.1) is 11.8 Å². The van der Waals surface area contributed by atoms with E-state index in [1.807, 2.05) is 24.1 Å². The van der Waals surface area contributed by atoms with Crippen molar-refractivity contribution in [2.45, 2.75) is 63.8 Å². The lowest BCUT2D eigenvalue weighted by Crippen LogP contribution is -2.48.